The topological polar surface area (TPSA) is 95.2 Å². The van der Waals surface area contributed by atoms with Crippen molar-refractivity contribution in [2.75, 3.05) is 18.0 Å². The molecule has 1 aromatic heterocycles. The molecule has 0 aliphatic carbocycles. The van der Waals surface area contributed by atoms with Gasteiger partial charge in [-0.1, -0.05) is 23.5 Å². The van der Waals surface area contributed by atoms with Crippen LogP contribution in [-0.4, -0.2) is 31.0 Å². The van der Waals surface area contributed by atoms with Crippen molar-refractivity contribution < 1.29 is 13.0 Å². The average molecular weight is 390 g/mol. The van der Waals surface area contributed by atoms with E-state index in [9.17, 15) is 13.0 Å². The largest absolute Gasteiger partial charge is 0.372 e. The van der Waals surface area contributed by atoms with Gasteiger partial charge in [-0.2, -0.15) is 8.42 Å². The number of fused-ring (bicyclic) bond motifs is 1. The minimum absolute atomic E-state index is 0.0719. The fourth-order valence-electron chi connectivity index (χ4n) is 2.58. The molecule has 0 aliphatic rings. The second-order valence-electron chi connectivity index (χ2n) is 5.46. The number of nitrogens with zero attached hydrogens (tertiary/aromatic N) is 4. The van der Waals surface area contributed by atoms with Crippen LogP contribution in [0.1, 0.15) is 13.8 Å². The molecular formula is C17H18N4O3S2. The van der Waals surface area contributed by atoms with Gasteiger partial charge in [0.15, 0.2) is 0 Å². The van der Waals surface area contributed by atoms with Crippen LogP contribution in [-0.2, 0) is 10.1 Å². The molecule has 2 aromatic carbocycles. The second-order valence-corrected chi connectivity index (χ2v) is 7.86. The standard InChI is InChI=1S/C17H18N4O3S2/c1-3-21(4-2)12-9-10-14(16(11-12)26(22,23)24)19-20-17-18-13-7-5-6-8-15(13)25-17/h5-11H,3-4H2,1-2H3,(H,22,23,24). The normalized spacial score (nSPS) is 12.1. The molecule has 0 saturated heterocycles. The summed E-state index contributed by atoms with van der Waals surface area (Å²) in [5.41, 5.74) is 1.57. The SMILES string of the molecule is CCN(CC)c1ccc(N=Nc2nc3ccccc3s2)c(S(=O)(=O)O)c1. The number of para-hydroxylation sites is 1. The molecule has 9 heteroatoms. The van der Waals surface area contributed by atoms with E-state index in [2.05, 4.69) is 15.2 Å². The maximum Gasteiger partial charge on any atom is 0.296 e. The zero-order valence-electron chi connectivity index (χ0n) is 14.3. The summed E-state index contributed by atoms with van der Waals surface area (Å²) < 4.78 is 34.1. The minimum Gasteiger partial charge on any atom is -0.372 e. The van der Waals surface area contributed by atoms with Crippen LogP contribution in [0.25, 0.3) is 10.2 Å². The summed E-state index contributed by atoms with van der Waals surface area (Å²) in [5, 5.41) is 8.47. The Morgan fingerprint density at radius 2 is 1.85 bits per heavy atom. The van der Waals surface area contributed by atoms with Gasteiger partial charge >= 0.3 is 0 Å². The number of anilines is 1. The van der Waals surface area contributed by atoms with Crippen molar-refractivity contribution >= 4 is 48.2 Å². The summed E-state index contributed by atoms with van der Waals surface area (Å²) in [5.74, 6) is 0. The van der Waals surface area contributed by atoms with E-state index in [-0.39, 0.29) is 10.6 Å². The van der Waals surface area contributed by atoms with Crippen molar-refractivity contribution in [2.24, 2.45) is 10.2 Å². The van der Waals surface area contributed by atoms with Crippen LogP contribution in [0, 0.1) is 0 Å². The van der Waals surface area contributed by atoms with E-state index in [4.69, 9.17) is 0 Å². The summed E-state index contributed by atoms with van der Waals surface area (Å²) >= 11 is 1.35. The first-order chi connectivity index (χ1) is 12.4. The fourth-order valence-corrected chi connectivity index (χ4v) is 4.01. The highest BCUT2D eigenvalue weighted by Gasteiger charge is 2.18. The van der Waals surface area contributed by atoms with Gasteiger partial charge < -0.3 is 4.90 Å². The number of hydrogen-bond donors (Lipinski definition) is 1. The molecular weight excluding hydrogens is 372 g/mol. The molecule has 3 rings (SSSR count). The Labute approximate surface area is 155 Å². The van der Waals surface area contributed by atoms with Gasteiger partial charge in [-0.3, -0.25) is 4.55 Å². The lowest BCUT2D eigenvalue weighted by molar-refractivity contribution is 0.483. The Morgan fingerprint density at radius 1 is 1.12 bits per heavy atom. The van der Waals surface area contributed by atoms with Gasteiger partial charge in [0.1, 0.15) is 10.6 Å². The Hall–Kier alpha value is -2.36. The summed E-state index contributed by atoms with van der Waals surface area (Å²) in [6, 6.07) is 12.3. The maximum atomic E-state index is 11.8. The first-order valence-corrected chi connectivity index (χ1v) is 10.3. The highest BCUT2D eigenvalue weighted by Crippen LogP contribution is 2.33. The van der Waals surface area contributed by atoms with Crippen LogP contribution in [0.15, 0.2) is 57.6 Å². The Morgan fingerprint density at radius 3 is 2.50 bits per heavy atom. The van der Waals surface area contributed by atoms with Gasteiger partial charge in [-0.05, 0) is 44.2 Å². The molecule has 0 atom stereocenters. The van der Waals surface area contributed by atoms with Gasteiger partial charge in [0, 0.05) is 18.8 Å². The Kier molecular flexibility index (Phi) is 5.30. The summed E-state index contributed by atoms with van der Waals surface area (Å²) in [4.78, 5) is 6.03. The number of hydrogen-bond acceptors (Lipinski definition) is 7. The molecule has 1 heterocycles. The molecule has 0 spiro atoms. The third-order valence-electron chi connectivity index (χ3n) is 3.88. The monoisotopic (exact) mass is 390 g/mol. The quantitative estimate of drug-likeness (QED) is 0.481. The number of rotatable bonds is 6. The summed E-state index contributed by atoms with van der Waals surface area (Å²) in [6.07, 6.45) is 0. The van der Waals surface area contributed by atoms with Gasteiger partial charge in [0.05, 0.1) is 10.2 Å². The number of benzene rings is 2. The Bertz CT molecular complexity index is 1020. The van der Waals surface area contributed by atoms with Crippen molar-refractivity contribution in [3.05, 3.63) is 42.5 Å². The van der Waals surface area contributed by atoms with E-state index >= 15 is 0 Å². The third-order valence-corrected chi connectivity index (χ3v) is 5.68. The molecule has 7 nitrogen and oxygen atoms in total. The van der Waals surface area contributed by atoms with Gasteiger partial charge in [-0.25, -0.2) is 4.98 Å². The van der Waals surface area contributed by atoms with Crippen LogP contribution < -0.4 is 4.90 Å². The number of azo groups is 1. The fraction of sp³-hybridized carbons (Fsp3) is 0.235. The molecule has 0 bridgehead atoms. The van der Waals surface area contributed by atoms with Crippen molar-refractivity contribution in [1.29, 1.82) is 0 Å². The summed E-state index contributed by atoms with van der Waals surface area (Å²) in [6.45, 7) is 5.37. The van der Waals surface area contributed by atoms with Crippen LogP contribution in [0.2, 0.25) is 0 Å². The van der Waals surface area contributed by atoms with E-state index in [0.29, 0.717) is 23.9 Å². The highest BCUT2D eigenvalue weighted by atomic mass is 32.2. The summed E-state index contributed by atoms with van der Waals surface area (Å²) in [7, 11) is -4.43. The van der Waals surface area contributed by atoms with E-state index in [0.717, 1.165) is 10.2 Å². The molecule has 0 aliphatic heterocycles. The minimum atomic E-state index is -4.43. The van der Waals surface area contributed by atoms with Gasteiger partial charge in [-0.15, -0.1) is 10.2 Å². The van der Waals surface area contributed by atoms with Crippen molar-refractivity contribution in [3.8, 4) is 0 Å². The predicted octanol–water partition coefficient (Wildman–Crippen LogP) is 4.80. The lowest BCUT2D eigenvalue weighted by Crippen LogP contribution is -2.22. The van der Waals surface area contributed by atoms with Crippen molar-refractivity contribution in [3.63, 3.8) is 0 Å². The maximum absolute atomic E-state index is 11.8. The molecule has 26 heavy (non-hydrogen) atoms. The zero-order valence-corrected chi connectivity index (χ0v) is 16.0. The first kappa shape index (κ1) is 18.4. The molecule has 0 unspecified atom stereocenters. The van der Waals surface area contributed by atoms with Crippen LogP contribution in [0.4, 0.5) is 16.5 Å². The molecule has 136 valence electrons. The first-order valence-electron chi connectivity index (χ1n) is 8.06. The molecule has 0 fully saturated rings. The van der Waals surface area contributed by atoms with Crippen molar-refractivity contribution in [1.82, 2.24) is 4.98 Å². The van der Waals surface area contributed by atoms with Crippen LogP contribution >= 0.6 is 11.3 Å². The number of thiazole rings is 1. The van der Waals surface area contributed by atoms with Gasteiger partial charge in [0.25, 0.3) is 10.1 Å². The predicted molar refractivity (Wildman–Crippen MR) is 104 cm³/mol. The molecule has 3 aromatic rings. The lowest BCUT2D eigenvalue weighted by atomic mass is 10.2. The van der Waals surface area contributed by atoms with Gasteiger partial charge in [0.2, 0.25) is 5.13 Å². The molecule has 1 N–H and O–H groups in total. The van der Waals surface area contributed by atoms with Crippen molar-refractivity contribution in [2.45, 2.75) is 18.7 Å². The molecule has 0 amide bonds. The number of aromatic nitrogens is 1. The second kappa shape index (κ2) is 7.48. The van der Waals surface area contributed by atoms with E-state index in [1.165, 1.54) is 23.5 Å². The average Bonchev–Trinajstić information content (AvgIpc) is 3.03. The smallest absolute Gasteiger partial charge is 0.296 e. The lowest BCUT2D eigenvalue weighted by Gasteiger charge is -2.21. The third kappa shape index (κ3) is 3.90. The Balaban J connectivity index is 2.00. The van der Waals surface area contributed by atoms with Crippen LogP contribution in [0.3, 0.4) is 0 Å². The van der Waals surface area contributed by atoms with E-state index < -0.39 is 10.1 Å². The van der Waals surface area contributed by atoms with Crippen LogP contribution in [0.5, 0.6) is 0 Å². The van der Waals surface area contributed by atoms with E-state index in [1.807, 2.05) is 43.0 Å². The van der Waals surface area contributed by atoms with E-state index in [1.54, 1.807) is 6.07 Å². The highest BCUT2D eigenvalue weighted by molar-refractivity contribution is 7.86. The zero-order chi connectivity index (χ0) is 18.7. The molecule has 0 saturated carbocycles. The molecule has 0 radical (unpaired) electrons.